The fourth-order valence-electron chi connectivity index (χ4n) is 6.95. The zero-order valence-electron chi connectivity index (χ0n) is 20.2. The van der Waals surface area contributed by atoms with E-state index in [9.17, 15) is 4.79 Å². The number of carbonyl (C=O) groups excluding carboxylic acids is 1. The van der Waals surface area contributed by atoms with E-state index in [0.717, 1.165) is 30.2 Å². The van der Waals surface area contributed by atoms with Crippen molar-refractivity contribution in [2.45, 2.75) is 83.1 Å². The number of carbonyl (C=O) groups is 1. The molecular formula is C27H34N2O5. The van der Waals surface area contributed by atoms with E-state index >= 15 is 0 Å². The molecule has 4 aliphatic heterocycles. The molecule has 7 heteroatoms. The van der Waals surface area contributed by atoms with Gasteiger partial charge in [0.15, 0.2) is 11.9 Å². The zero-order valence-corrected chi connectivity index (χ0v) is 20.2. The summed E-state index contributed by atoms with van der Waals surface area (Å²) in [7, 11) is 0. The average molecular weight is 467 g/mol. The summed E-state index contributed by atoms with van der Waals surface area (Å²) in [6.07, 6.45) is 6.26. The molecule has 8 atom stereocenters. The van der Waals surface area contributed by atoms with Crippen molar-refractivity contribution in [3.63, 3.8) is 0 Å². The molecule has 5 heterocycles. The normalized spacial score (nSPS) is 41.0. The fraction of sp³-hybridized carbons (Fsp3) is 0.630. The highest BCUT2D eigenvalue weighted by atomic mass is 17.3. The van der Waals surface area contributed by atoms with Crippen LogP contribution in [-0.4, -0.2) is 34.7 Å². The van der Waals surface area contributed by atoms with Gasteiger partial charge in [-0.05, 0) is 62.5 Å². The van der Waals surface area contributed by atoms with Gasteiger partial charge in [0.2, 0.25) is 11.7 Å². The number of hydrogen-bond donors (Lipinski definition) is 1. The molecule has 1 N–H and O–H groups in total. The Labute approximate surface area is 200 Å². The van der Waals surface area contributed by atoms with E-state index in [-0.39, 0.29) is 23.8 Å². The van der Waals surface area contributed by atoms with Crippen LogP contribution >= 0.6 is 0 Å². The number of nitrogens with one attached hydrogen (secondary N) is 1. The topological polar surface area (TPSA) is 78.9 Å². The minimum Gasteiger partial charge on any atom is -0.346 e. The summed E-state index contributed by atoms with van der Waals surface area (Å²) >= 11 is 0. The smallest absolute Gasteiger partial charge is 0.224 e. The number of hydrogen-bond acceptors (Lipinski definition) is 6. The van der Waals surface area contributed by atoms with Gasteiger partial charge in [-0.25, -0.2) is 9.78 Å². The molecule has 182 valence electrons. The van der Waals surface area contributed by atoms with E-state index in [1.165, 1.54) is 6.42 Å². The predicted octanol–water partition coefficient (Wildman–Crippen LogP) is 5.20. The molecule has 1 aromatic heterocycles. The minimum absolute atomic E-state index is 0.0295. The molecule has 0 unspecified atom stereocenters. The van der Waals surface area contributed by atoms with Crippen LogP contribution in [0, 0.1) is 23.7 Å². The highest BCUT2D eigenvalue weighted by molar-refractivity contribution is 5.93. The van der Waals surface area contributed by atoms with Crippen LogP contribution in [0.5, 0.6) is 0 Å². The highest BCUT2D eigenvalue weighted by Crippen LogP contribution is 2.60. The summed E-state index contributed by atoms with van der Waals surface area (Å²) in [6, 6.07) is 9.85. The second-order valence-corrected chi connectivity index (χ2v) is 10.9. The van der Waals surface area contributed by atoms with Crippen LogP contribution < -0.4 is 5.32 Å². The van der Waals surface area contributed by atoms with Gasteiger partial charge in [0, 0.05) is 24.1 Å². The number of ether oxygens (including phenoxy) is 2. The summed E-state index contributed by atoms with van der Waals surface area (Å²) in [4.78, 5) is 29.3. The molecule has 1 spiro atoms. The van der Waals surface area contributed by atoms with Crippen LogP contribution in [0.4, 0.5) is 5.69 Å². The molecule has 1 aliphatic carbocycles. The van der Waals surface area contributed by atoms with E-state index < -0.39 is 17.7 Å². The monoisotopic (exact) mass is 466 g/mol. The summed E-state index contributed by atoms with van der Waals surface area (Å²) < 4.78 is 13.0. The number of nitrogens with zero attached hydrogens (tertiary/aromatic N) is 1. The maximum atomic E-state index is 12.8. The van der Waals surface area contributed by atoms with Gasteiger partial charge in [0.1, 0.15) is 0 Å². The lowest BCUT2D eigenvalue weighted by molar-refractivity contribution is -0.571. The highest BCUT2D eigenvalue weighted by Gasteiger charge is 2.69. The maximum absolute atomic E-state index is 12.8. The molecule has 1 aromatic carbocycles. The lowest BCUT2D eigenvalue weighted by Gasteiger charge is -2.60. The number of anilines is 1. The molecule has 7 nitrogen and oxygen atoms in total. The summed E-state index contributed by atoms with van der Waals surface area (Å²) in [5, 5.41) is 4.01. The Kier molecular flexibility index (Phi) is 5.44. The van der Waals surface area contributed by atoms with Gasteiger partial charge in [-0.1, -0.05) is 32.0 Å². The van der Waals surface area contributed by atoms with Crippen LogP contribution in [0.3, 0.4) is 0 Å². The van der Waals surface area contributed by atoms with Gasteiger partial charge in [-0.2, -0.15) is 0 Å². The largest absolute Gasteiger partial charge is 0.346 e. The molecule has 1 saturated carbocycles. The van der Waals surface area contributed by atoms with Crippen molar-refractivity contribution in [2.75, 3.05) is 5.32 Å². The van der Waals surface area contributed by atoms with Crippen LogP contribution in [0.1, 0.15) is 59.3 Å². The third-order valence-corrected chi connectivity index (χ3v) is 8.83. The number of pyridine rings is 1. The van der Waals surface area contributed by atoms with Crippen molar-refractivity contribution in [2.24, 2.45) is 23.7 Å². The molecule has 5 fully saturated rings. The third kappa shape index (κ3) is 3.56. The van der Waals surface area contributed by atoms with Crippen molar-refractivity contribution in [3.8, 4) is 0 Å². The van der Waals surface area contributed by atoms with Crippen LogP contribution in [-0.2, 0) is 24.0 Å². The summed E-state index contributed by atoms with van der Waals surface area (Å²) in [5.41, 5.74) is 1.08. The predicted molar refractivity (Wildman–Crippen MR) is 126 cm³/mol. The summed E-state index contributed by atoms with van der Waals surface area (Å²) in [6.45, 7) is 6.50. The molecule has 7 rings (SSSR count). The first-order chi connectivity index (χ1) is 16.4. The van der Waals surface area contributed by atoms with Crippen LogP contribution in [0.15, 0.2) is 36.5 Å². The number of para-hydroxylation sites is 1. The van der Waals surface area contributed by atoms with Crippen molar-refractivity contribution in [3.05, 3.63) is 36.5 Å². The van der Waals surface area contributed by atoms with E-state index in [2.05, 4.69) is 24.1 Å². The first-order valence-corrected chi connectivity index (χ1v) is 12.7. The summed E-state index contributed by atoms with van der Waals surface area (Å²) in [5.74, 6) is 0.623. The molecule has 1 amide bonds. The quantitative estimate of drug-likeness (QED) is 0.624. The second kappa shape index (κ2) is 8.26. The van der Waals surface area contributed by atoms with E-state index in [4.69, 9.17) is 19.2 Å². The average Bonchev–Trinajstić information content (AvgIpc) is 3.06. The first-order valence-electron chi connectivity index (χ1n) is 12.7. The van der Waals surface area contributed by atoms with E-state index in [1.54, 1.807) is 6.20 Å². The Morgan fingerprint density at radius 2 is 2.00 bits per heavy atom. The molecule has 0 radical (unpaired) electrons. The Morgan fingerprint density at radius 1 is 1.15 bits per heavy atom. The van der Waals surface area contributed by atoms with E-state index in [0.29, 0.717) is 30.4 Å². The van der Waals surface area contributed by atoms with E-state index in [1.807, 2.05) is 37.3 Å². The SMILES string of the molecule is C[C@H]1[C@@H](CCC(=O)Nc2cnc3ccccc3c2)O[C@@H]2O[C@@]3(C)CC[C@H]4[C@H](C)CC[C@@H]1[C@@]24OO3. The zero-order chi connectivity index (χ0) is 23.5. The van der Waals surface area contributed by atoms with Gasteiger partial charge in [-0.3, -0.25) is 9.78 Å². The first kappa shape index (κ1) is 22.4. The molecular weight excluding hydrogens is 432 g/mol. The Balaban J connectivity index is 1.16. The number of amides is 1. The molecule has 4 saturated heterocycles. The second-order valence-electron chi connectivity index (χ2n) is 10.9. The van der Waals surface area contributed by atoms with Gasteiger partial charge < -0.3 is 14.8 Å². The lowest BCUT2D eigenvalue weighted by atomic mass is 9.57. The van der Waals surface area contributed by atoms with Crippen molar-refractivity contribution < 1.29 is 24.0 Å². The third-order valence-electron chi connectivity index (χ3n) is 8.83. The number of aromatic nitrogens is 1. The Hall–Kier alpha value is -2.06. The number of fused-ring (bicyclic) bond motifs is 3. The lowest BCUT2D eigenvalue weighted by Crippen LogP contribution is -2.70. The molecule has 2 bridgehead atoms. The van der Waals surface area contributed by atoms with Gasteiger partial charge in [-0.15, -0.1) is 0 Å². The Bertz CT molecular complexity index is 1090. The van der Waals surface area contributed by atoms with Gasteiger partial charge in [0.25, 0.3) is 0 Å². The standard InChI is InChI=1S/C27H34N2O5/c1-16-8-9-21-17(2)23(31-25-27(21)20(16)12-13-26(3,32-25)33-34-27)10-11-24(30)29-19-14-18-6-4-5-7-22(18)28-15-19/h4-7,14-17,20-21,23,25H,8-13H2,1-3H3,(H,29,30)/t16-,17-,20+,21+,23-,25-,26-,27-/m1/s1. The maximum Gasteiger partial charge on any atom is 0.224 e. The van der Waals surface area contributed by atoms with Gasteiger partial charge >= 0.3 is 0 Å². The minimum atomic E-state index is -0.775. The molecule has 5 aliphatic rings. The van der Waals surface area contributed by atoms with Crippen LogP contribution in [0.2, 0.25) is 0 Å². The van der Waals surface area contributed by atoms with Crippen molar-refractivity contribution in [1.29, 1.82) is 0 Å². The van der Waals surface area contributed by atoms with Gasteiger partial charge in [0.05, 0.1) is 23.5 Å². The van der Waals surface area contributed by atoms with Crippen molar-refractivity contribution in [1.82, 2.24) is 4.98 Å². The van der Waals surface area contributed by atoms with Crippen molar-refractivity contribution >= 4 is 22.5 Å². The molecule has 34 heavy (non-hydrogen) atoms. The van der Waals surface area contributed by atoms with Crippen LogP contribution in [0.25, 0.3) is 10.9 Å². The molecule has 2 aromatic rings. The number of rotatable bonds is 4. The fourth-order valence-corrected chi connectivity index (χ4v) is 6.95. The Morgan fingerprint density at radius 3 is 2.88 bits per heavy atom. The number of benzene rings is 1.